The summed E-state index contributed by atoms with van der Waals surface area (Å²) in [4.78, 5) is 12.6. The fraction of sp³-hybridized carbons (Fsp3) is 0.350. The van der Waals surface area contributed by atoms with Crippen LogP contribution in [0.25, 0.3) is 0 Å². The average Bonchev–Trinajstić information content (AvgIpc) is 2.55. The highest BCUT2D eigenvalue weighted by molar-refractivity contribution is 6.06. The van der Waals surface area contributed by atoms with Gasteiger partial charge < -0.3 is 10.1 Å². The first-order chi connectivity index (χ1) is 11.1. The molecule has 2 aromatic rings. The van der Waals surface area contributed by atoms with E-state index in [9.17, 15) is 4.79 Å². The van der Waals surface area contributed by atoms with E-state index in [4.69, 9.17) is 4.74 Å². The molecular weight excluding hydrogens is 286 g/mol. The SMILES string of the molecule is CCCCCOc1ccccc1C(=O)Nc1c(C)cccc1C. The van der Waals surface area contributed by atoms with Crippen molar-refractivity contribution >= 4 is 11.6 Å². The molecular formula is C20H25NO2. The summed E-state index contributed by atoms with van der Waals surface area (Å²) < 4.78 is 5.80. The Kier molecular flexibility index (Phi) is 6.21. The molecule has 2 aromatic carbocycles. The lowest BCUT2D eigenvalue weighted by Gasteiger charge is -2.14. The standard InChI is InChI=1S/C20H25NO2/c1-4-5-8-14-23-18-13-7-6-12-17(18)20(22)21-19-15(2)10-9-11-16(19)3/h6-7,9-13H,4-5,8,14H2,1-3H3,(H,21,22). The number of ether oxygens (including phenoxy) is 1. The monoisotopic (exact) mass is 311 g/mol. The van der Waals surface area contributed by atoms with E-state index in [1.807, 2.05) is 50.2 Å². The third kappa shape index (κ3) is 4.59. The summed E-state index contributed by atoms with van der Waals surface area (Å²) in [6.07, 6.45) is 3.29. The van der Waals surface area contributed by atoms with Gasteiger partial charge >= 0.3 is 0 Å². The van der Waals surface area contributed by atoms with Gasteiger partial charge in [-0.2, -0.15) is 0 Å². The summed E-state index contributed by atoms with van der Waals surface area (Å²) in [6.45, 7) is 6.79. The van der Waals surface area contributed by atoms with Crippen LogP contribution >= 0.6 is 0 Å². The van der Waals surface area contributed by atoms with Gasteiger partial charge in [0.05, 0.1) is 12.2 Å². The van der Waals surface area contributed by atoms with Crippen LogP contribution in [0.1, 0.15) is 47.7 Å². The molecule has 23 heavy (non-hydrogen) atoms. The smallest absolute Gasteiger partial charge is 0.259 e. The largest absolute Gasteiger partial charge is 0.493 e. The van der Waals surface area contributed by atoms with Gasteiger partial charge in [0.25, 0.3) is 5.91 Å². The first-order valence-electron chi connectivity index (χ1n) is 8.23. The molecule has 122 valence electrons. The summed E-state index contributed by atoms with van der Waals surface area (Å²) in [5.41, 5.74) is 3.56. The van der Waals surface area contributed by atoms with E-state index in [1.54, 1.807) is 6.07 Å². The van der Waals surface area contributed by atoms with Crippen molar-refractivity contribution in [3.8, 4) is 5.75 Å². The summed E-state index contributed by atoms with van der Waals surface area (Å²) in [6, 6.07) is 13.4. The zero-order chi connectivity index (χ0) is 16.7. The van der Waals surface area contributed by atoms with Crippen LogP contribution in [-0.2, 0) is 0 Å². The lowest BCUT2D eigenvalue weighted by molar-refractivity contribution is 0.102. The fourth-order valence-electron chi connectivity index (χ4n) is 2.51. The number of nitrogens with one attached hydrogen (secondary N) is 1. The number of amides is 1. The highest BCUT2D eigenvalue weighted by Crippen LogP contribution is 2.23. The summed E-state index contributed by atoms with van der Waals surface area (Å²) >= 11 is 0. The van der Waals surface area contributed by atoms with Gasteiger partial charge in [0, 0.05) is 5.69 Å². The van der Waals surface area contributed by atoms with Crippen molar-refractivity contribution in [1.82, 2.24) is 0 Å². The van der Waals surface area contributed by atoms with Gasteiger partial charge in [-0.15, -0.1) is 0 Å². The van der Waals surface area contributed by atoms with Crippen molar-refractivity contribution in [2.75, 3.05) is 11.9 Å². The lowest BCUT2D eigenvalue weighted by Crippen LogP contribution is -2.15. The number of hydrogen-bond acceptors (Lipinski definition) is 2. The third-order valence-electron chi connectivity index (χ3n) is 3.86. The van der Waals surface area contributed by atoms with Crippen LogP contribution in [-0.4, -0.2) is 12.5 Å². The molecule has 1 N–H and O–H groups in total. The molecule has 3 nitrogen and oxygen atoms in total. The predicted molar refractivity (Wildman–Crippen MR) is 95.3 cm³/mol. The molecule has 0 aliphatic carbocycles. The molecule has 0 atom stereocenters. The highest BCUT2D eigenvalue weighted by Gasteiger charge is 2.14. The predicted octanol–water partition coefficient (Wildman–Crippen LogP) is 5.12. The molecule has 2 rings (SSSR count). The van der Waals surface area contributed by atoms with Crippen molar-refractivity contribution < 1.29 is 9.53 Å². The van der Waals surface area contributed by atoms with Crippen LogP contribution in [0, 0.1) is 13.8 Å². The number of hydrogen-bond donors (Lipinski definition) is 1. The maximum absolute atomic E-state index is 12.6. The van der Waals surface area contributed by atoms with Gasteiger partial charge in [0.2, 0.25) is 0 Å². The third-order valence-corrected chi connectivity index (χ3v) is 3.86. The van der Waals surface area contributed by atoms with Gasteiger partial charge in [0.1, 0.15) is 5.75 Å². The van der Waals surface area contributed by atoms with Gasteiger partial charge in [0.15, 0.2) is 0 Å². The van der Waals surface area contributed by atoms with Crippen molar-refractivity contribution in [3.63, 3.8) is 0 Å². The lowest BCUT2D eigenvalue weighted by atomic mass is 10.1. The second-order valence-electron chi connectivity index (χ2n) is 5.77. The molecule has 0 bridgehead atoms. The van der Waals surface area contributed by atoms with Gasteiger partial charge in [-0.3, -0.25) is 4.79 Å². The van der Waals surface area contributed by atoms with E-state index in [-0.39, 0.29) is 5.91 Å². The minimum Gasteiger partial charge on any atom is -0.493 e. The minimum absolute atomic E-state index is 0.131. The van der Waals surface area contributed by atoms with E-state index in [0.29, 0.717) is 17.9 Å². The number of anilines is 1. The number of para-hydroxylation sites is 2. The molecule has 0 aliphatic rings. The number of rotatable bonds is 7. The number of carbonyl (C=O) groups excluding carboxylic acids is 1. The Balaban J connectivity index is 2.13. The molecule has 0 saturated carbocycles. The van der Waals surface area contributed by atoms with E-state index < -0.39 is 0 Å². The van der Waals surface area contributed by atoms with Crippen molar-refractivity contribution in [1.29, 1.82) is 0 Å². The quantitative estimate of drug-likeness (QED) is 0.720. The molecule has 0 unspecified atom stereocenters. The van der Waals surface area contributed by atoms with Crippen LogP contribution < -0.4 is 10.1 Å². The summed E-state index contributed by atoms with van der Waals surface area (Å²) in [5.74, 6) is 0.515. The van der Waals surface area contributed by atoms with Crippen LogP contribution in [0.4, 0.5) is 5.69 Å². The zero-order valence-electron chi connectivity index (χ0n) is 14.2. The van der Waals surface area contributed by atoms with Crippen molar-refractivity contribution in [3.05, 3.63) is 59.2 Å². The van der Waals surface area contributed by atoms with Gasteiger partial charge in [-0.05, 0) is 43.5 Å². The molecule has 1 amide bonds. The van der Waals surface area contributed by atoms with Crippen molar-refractivity contribution in [2.24, 2.45) is 0 Å². The molecule has 0 radical (unpaired) electrons. The van der Waals surface area contributed by atoms with E-state index in [0.717, 1.165) is 36.1 Å². The van der Waals surface area contributed by atoms with E-state index in [2.05, 4.69) is 12.2 Å². The van der Waals surface area contributed by atoms with E-state index >= 15 is 0 Å². The first-order valence-corrected chi connectivity index (χ1v) is 8.23. The first kappa shape index (κ1) is 17.1. The van der Waals surface area contributed by atoms with Crippen LogP contribution in [0.5, 0.6) is 5.75 Å². The Morgan fingerprint density at radius 3 is 2.39 bits per heavy atom. The van der Waals surface area contributed by atoms with Crippen LogP contribution in [0.3, 0.4) is 0 Å². The Bertz CT molecular complexity index is 644. The maximum Gasteiger partial charge on any atom is 0.259 e. The molecule has 0 heterocycles. The normalized spacial score (nSPS) is 10.4. The molecule has 0 fully saturated rings. The molecule has 0 saturated heterocycles. The Labute approximate surface area is 138 Å². The Morgan fingerprint density at radius 2 is 1.70 bits per heavy atom. The molecule has 0 aromatic heterocycles. The molecule has 0 aliphatic heterocycles. The van der Waals surface area contributed by atoms with E-state index in [1.165, 1.54) is 0 Å². The van der Waals surface area contributed by atoms with Crippen LogP contribution in [0.15, 0.2) is 42.5 Å². The molecule has 0 spiro atoms. The molecule has 3 heteroatoms. The van der Waals surface area contributed by atoms with Crippen LogP contribution in [0.2, 0.25) is 0 Å². The summed E-state index contributed by atoms with van der Waals surface area (Å²) in [5, 5.41) is 3.02. The zero-order valence-corrected chi connectivity index (χ0v) is 14.2. The van der Waals surface area contributed by atoms with Gasteiger partial charge in [-0.25, -0.2) is 0 Å². The minimum atomic E-state index is -0.131. The number of carbonyl (C=O) groups is 1. The van der Waals surface area contributed by atoms with Crippen molar-refractivity contribution in [2.45, 2.75) is 40.0 Å². The number of aryl methyl sites for hydroxylation is 2. The Morgan fingerprint density at radius 1 is 1.00 bits per heavy atom. The second kappa shape index (κ2) is 8.37. The Hall–Kier alpha value is -2.29. The summed E-state index contributed by atoms with van der Waals surface area (Å²) in [7, 11) is 0. The number of unbranched alkanes of at least 4 members (excludes halogenated alkanes) is 2. The maximum atomic E-state index is 12.6. The number of benzene rings is 2. The fourth-order valence-corrected chi connectivity index (χ4v) is 2.51. The topological polar surface area (TPSA) is 38.3 Å². The second-order valence-corrected chi connectivity index (χ2v) is 5.77. The average molecular weight is 311 g/mol. The van der Waals surface area contributed by atoms with Gasteiger partial charge in [-0.1, -0.05) is 50.1 Å². The highest BCUT2D eigenvalue weighted by atomic mass is 16.5.